The molecule has 1 atom stereocenters. The molecule has 2 N–H and O–H groups in total. The number of carbonyl (C=O) groups is 2. The van der Waals surface area contributed by atoms with Crippen molar-refractivity contribution in [2.24, 2.45) is 0 Å². The molecule has 1 aromatic rings. The number of nitrogen functional groups attached to an aromatic ring is 1. The Hall–Kier alpha value is -2.15. The van der Waals surface area contributed by atoms with Gasteiger partial charge >= 0.3 is 12.1 Å². The number of amides is 1. The van der Waals surface area contributed by atoms with Crippen LogP contribution in [-0.4, -0.2) is 36.4 Å². The number of esters is 1. The van der Waals surface area contributed by atoms with Crippen LogP contribution in [0.25, 0.3) is 0 Å². The molecule has 0 bridgehead atoms. The largest absolute Gasteiger partial charge is 0.472 e. The minimum atomic E-state index is -1.39. The van der Waals surface area contributed by atoms with Crippen LogP contribution in [-0.2, 0) is 14.3 Å². The molecule has 0 fully saturated rings. The molecule has 1 aliphatic heterocycles. The molecule has 1 amide bonds. The molecule has 0 aliphatic carbocycles. The minimum absolute atomic E-state index is 0.0754. The van der Waals surface area contributed by atoms with E-state index in [1.54, 1.807) is 34.6 Å². The number of rotatable bonds is 2. The molecule has 7 nitrogen and oxygen atoms in total. The lowest BCUT2D eigenvalue weighted by atomic mass is 10.0. The second kappa shape index (κ2) is 6.63. The maximum Gasteiger partial charge on any atom is 0.415 e. The Morgan fingerprint density at radius 3 is 2.60 bits per heavy atom. The molecule has 25 heavy (non-hydrogen) atoms. The van der Waals surface area contributed by atoms with E-state index in [9.17, 15) is 9.59 Å². The van der Waals surface area contributed by atoms with Crippen LogP contribution in [0.1, 0.15) is 34.6 Å². The highest BCUT2D eigenvalue weighted by atomic mass is 35.5. The Bertz CT molecular complexity index is 701. The molecule has 1 aromatic carbocycles. The fourth-order valence-electron chi connectivity index (χ4n) is 2.38. The monoisotopic (exact) mass is 370 g/mol. The maximum atomic E-state index is 12.7. The van der Waals surface area contributed by atoms with Crippen molar-refractivity contribution in [1.29, 1.82) is 0 Å². The van der Waals surface area contributed by atoms with Crippen molar-refractivity contribution in [1.82, 2.24) is 0 Å². The van der Waals surface area contributed by atoms with E-state index in [1.165, 1.54) is 17.0 Å². The smallest absolute Gasteiger partial charge is 0.415 e. The van der Waals surface area contributed by atoms with Crippen LogP contribution in [0.4, 0.5) is 16.2 Å². The van der Waals surface area contributed by atoms with Gasteiger partial charge in [0.1, 0.15) is 11.4 Å². The molecule has 1 heterocycles. The van der Waals surface area contributed by atoms with Gasteiger partial charge in [0, 0.05) is 6.07 Å². The van der Waals surface area contributed by atoms with E-state index in [1.807, 2.05) is 0 Å². The van der Waals surface area contributed by atoms with E-state index < -0.39 is 23.3 Å². The van der Waals surface area contributed by atoms with Crippen LogP contribution in [0.2, 0.25) is 5.02 Å². The van der Waals surface area contributed by atoms with Crippen molar-refractivity contribution in [2.75, 3.05) is 23.8 Å². The van der Waals surface area contributed by atoms with Crippen molar-refractivity contribution in [2.45, 2.75) is 45.8 Å². The molecule has 138 valence electrons. The third kappa shape index (κ3) is 4.10. The first kappa shape index (κ1) is 19.2. The molecule has 2 rings (SSSR count). The normalized spacial score (nSPS) is 19.7. The number of nitrogens with two attached hydrogens (primary N) is 1. The van der Waals surface area contributed by atoms with E-state index >= 15 is 0 Å². The Labute approximate surface area is 152 Å². The van der Waals surface area contributed by atoms with E-state index in [0.29, 0.717) is 5.69 Å². The number of benzene rings is 1. The van der Waals surface area contributed by atoms with Gasteiger partial charge in [-0.15, -0.1) is 0 Å². The van der Waals surface area contributed by atoms with Crippen LogP contribution < -0.4 is 15.4 Å². The van der Waals surface area contributed by atoms with Crippen molar-refractivity contribution < 1.29 is 23.8 Å². The molecule has 0 spiro atoms. The van der Waals surface area contributed by atoms with E-state index in [4.69, 9.17) is 31.5 Å². The number of ether oxygens (including phenoxy) is 3. The number of halogens is 1. The zero-order valence-corrected chi connectivity index (χ0v) is 15.8. The topological polar surface area (TPSA) is 91.1 Å². The van der Waals surface area contributed by atoms with Crippen LogP contribution >= 0.6 is 11.6 Å². The van der Waals surface area contributed by atoms with Crippen LogP contribution in [0.15, 0.2) is 12.1 Å². The van der Waals surface area contributed by atoms with Crippen LogP contribution in [0.3, 0.4) is 0 Å². The summed E-state index contributed by atoms with van der Waals surface area (Å²) in [6.45, 7) is 8.64. The zero-order valence-electron chi connectivity index (χ0n) is 15.0. The number of carbonyl (C=O) groups excluding carboxylic acids is 2. The van der Waals surface area contributed by atoms with Gasteiger partial charge in [-0.3, -0.25) is 4.90 Å². The third-order valence-corrected chi connectivity index (χ3v) is 3.81. The Balaban J connectivity index is 2.48. The lowest BCUT2D eigenvalue weighted by Crippen LogP contribution is -2.57. The number of anilines is 2. The first-order valence-electron chi connectivity index (χ1n) is 7.92. The van der Waals surface area contributed by atoms with Crippen molar-refractivity contribution in [3.05, 3.63) is 17.2 Å². The summed E-state index contributed by atoms with van der Waals surface area (Å²) in [4.78, 5) is 26.3. The van der Waals surface area contributed by atoms with Gasteiger partial charge < -0.3 is 19.9 Å². The Morgan fingerprint density at radius 1 is 1.40 bits per heavy atom. The fraction of sp³-hybridized carbons (Fsp3) is 0.529. The molecule has 0 radical (unpaired) electrons. The number of hydrogen-bond donors (Lipinski definition) is 1. The van der Waals surface area contributed by atoms with Crippen molar-refractivity contribution in [3.63, 3.8) is 0 Å². The summed E-state index contributed by atoms with van der Waals surface area (Å²) in [5.74, 6) is -0.322. The van der Waals surface area contributed by atoms with Crippen molar-refractivity contribution >= 4 is 35.0 Å². The summed E-state index contributed by atoms with van der Waals surface area (Å²) in [5.41, 5.74) is 4.40. The average molecular weight is 371 g/mol. The lowest BCUT2D eigenvalue weighted by Gasteiger charge is -2.40. The minimum Gasteiger partial charge on any atom is -0.472 e. The standard InChI is InChI=1S/C17H23ClN2O5/c1-6-23-14(21)17(5)9-20(15(22)25-16(2,3)4)12-7-10(18)11(19)8-13(12)24-17/h7-8H,6,9,19H2,1-5H3. The number of hydrogen-bond acceptors (Lipinski definition) is 6. The summed E-state index contributed by atoms with van der Waals surface area (Å²) in [6.07, 6.45) is -0.617. The summed E-state index contributed by atoms with van der Waals surface area (Å²) in [7, 11) is 0. The van der Waals surface area contributed by atoms with Gasteiger partial charge in [-0.25, -0.2) is 9.59 Å². The van der Waals surface area contributed by atoms with Gasteiger partial charge in [-0.05, 0) is 40.7 Å². The summed E-state index contributed by atoms with van der Waals surface area (Å²) < 4.78 is 16.3. The highest BCUT2D eigenvalue weighted by Crippen LogP contribution is 2.42. The second-order valence-corrected chi connectivity index (χ2v) is 7.37. The Kier molecular flexibility index (Phi) is 5.09. The van der Waals surface area contributed by atoms with Gasteiger partial charge in [0.2, 0.25) is 5.60 Å². The van der Waals surface area contributed by atoms with Gasteiger partial charge in [0.05, 0.1) is 29.5 Å². The summed E-state index contributed by atoms with van der Waals surface area (Å²) in [5, 5.41) is 0.274. The number of nitrogens with zero attached hydrogens (tertiary/aromatic N) is 1. The molecule has 8 heteroatoms. The molecule has 0 saturated carbocycles. The van der Waals surface area contributed by atoms with Gasteiger partial charge in [0.25, 0.3) is 0 Å². The fourth-order valence-corrected chi connectivity index (χ4v) is 2.54. The first-order chi connectivity index (χ1) is 11.5. The highest BCUT2D eigenvalue weighted by molar-refractivity contribution is 6.33. The van der Waals surface area contributed by atoms with E-state index in [-0.39, 0.29) is 29.6 Å². The van der Waals surface area contributed by atoms with Crippen LogP contribution in [0, 0.1) is 0 Å². The number of fused-ring (bicyclic) bond motifs is 1. The van der Waals surface area contributed by atoms with Gasteiger partial charge in [0.15, 0.2) is 0 Å². The molecule has 0 aromatic heterocycles. The van der Waals surface area contributed by atoms with Crippen molar-refractivity contribution in [3.8, 4) is 5.75 Å². The van der Waals surface area contributed by atoms with E-state index in [2.05, 4.69) is 0 Å². The zero-order chi connectivity index (χ0) is 19.0. The highest BCUT2D eigenvalue weighted by Gasteiger charge is 2.46. The predicted octanol–water partition coefficient (Wildman–Crippen LogP) is 3.38. The van der Waals surface area contributed by atoms with E-state index in [0.717, 1.165) is 0 Å². The summed E-state index contributed by atoms with van der Waals surface area (Å²) in [6, 6.07) is 2.99. The first-order valence-corrected chi connectivity index (χ1v) is 8.30. The van der Waals surface area contributed by atoms with Crippen LogP contribution in [0.5, 0.6) is 5.75 Å². The average Bonchev–Trinajstić information content (AvgIpc) is 2.47. The second-order valence-electron chi connectivity index (χ2n) is 6.96. The lowest BCUT2D eigenvalue weighted by molar-refractivity contribution is -0.159. The van der Waals surface area contributed by atoms with Gasteiger partial charge in [-0.2, -0.15) is 0 Å². The molecule has 1 aliphatic rings. The van der Waals surface area contributed by atoms with Gasteiger partial charge in [-0.1, -0.05) is 11.6 Å². The predicted molar refractivity (Wildman–Crippen MR) is 95.1 cm³/mol. The molecular formula is C17H23ClN2O5. The molecule has 0 saturated heterocycles. The summed E-state index contributed by atoms with van der Waals surface area (Å²) >= 11 is 6.08. The molecule has 1 unspecified atom stereocenters. The Morgan fingerprint density at radius 2 is 2.04 bits per heavy atom. The quantitative estimate of drug-likeness (QED) is 0.633. The maximum absolute atomic E-state index is 12.7. The SMILES string of the molecule is CCOC(=O)C1(C)CN(C(=O)OC(C)(C)C)c2cc(Cl)c(N)cc2O1. The third-order valence-electron chi connectivity index (χ3n) is 3.49. The molecular weight excluding hydrogens is 348 g/mol.